The first kappa shape index (κ1) is 13.7. The lowest BCUT2D eigenvalue weighted by atomic mass is 10.4. The van der Waals surface area contributed by atoms with Crippen LogP contribution in [0, 0.1) is 0 Å². The van der Waals surface area contributed by atoms with E-state index < -0.39 is 23.9 Å². The van der Waals surface area contributed by atoms with Gasteiger partial charge < -0.3 is 0 Å². The van der Waals surface area contributed by atoms with E-state index >= 15 is 0 Å². The van der Waals surface area contributed by atoms with Crippen LogP contribution in [-0.2, 0) is 0 Å². The van der Waals surface area contributed by atoms with Gasteiger partial charge in [0.1, 0.15) is 0 Å². The van der Waals surface area contributed by atoms with Crippen LogP contribution in [0.3, 0.4) is 0 Å². The average molecular weight is 285 g/mol. The average Bonchev–Trinajstić information content (AvgIpc) is 1.81. The minimum absolute atomic E-state index is 4.45. The summed E-state index contributed by atoms with van der Waals surface area (Å²) in [6, 6.07) is -5.07. The molecule has 0 fully saturated rings. The van der Waals surface area contributed by atoms with Crippen LogP contribution in [0.1, 0.15) is 0 Å². The molecule has 0 radical (unpaired) electrons. The molecule has 0 aromatic heterocycles. The van der Waals surface area contributed by atoms with Crippen molar-refractivity contribution in [2.45, 2.75) is 17.9 Å². The Hall–Kier alpha value is 0.667. The van der Waals surface area contributed by atoms with Crippen molar-refractivity contribution < 1.29 is 26.3 Å². The molecule has 0 aromatic rings. The van der Waals surface area contributed by atoms with E-state index in [1.165, 1.54) is 0 Å². The number of hydrogen-bond donors (Lipinski definition) is 0. The quantitative estimate of drug-likeness (QED) is 0.412. The SMILES string of the molecule is FC(C(F)(F)F)C(F)(F)[Si](Cl)(Cl)Cl. The molecular weight excluding hydrogens is 284 g/mol. The van der Waals surface area contributed by atoms with E-state index in [4.69, 9.17) is 0 Å². The van der Waals surface area contributed by atoms with Crippen molar-refractivity contribution in [1.29, 1.82) is 0 Å². The van der Waals surface area contributed by atoms with Crippen LogP contribution in [0.2, 0.25) is 0 Å². The van der Waals surface area contributed by atoms with Gasteiger partial charge in [-0.2, -0.15) is 13.2 Å². The Morgan fingerprint density at radius 2 is 1.23 bits per heavy atom. The second-order valence-corrected chi connectivity index (χ2v) is 10.5. The topological polar surface area (TPSA) is 0 Å². The van der Waals surface area contributed by atoms with Crippen LogP contribution >= 0.6 is 33.2 Å². The van der Waals surface area contributed by atoms with Crippen LogP contribution in [0.5, 0.6) is 0 Å². The van der Waals surface area contributed by atoms with Crippen molar-refractivity contribution in [2.75, 3.05) is 0 Å². The molecule has 0 aliphatic carbocycles. The molecule has 0 nitrogen and oxygen atoms in total. The second-order valence-electron chi connectivity index (χ2n) is 2.02. The predicted molar refractivity (Wildman–Crippen MR) is 39.2 cm³/mol. The highest BCUT2D eigenvalue weighted by Gasteiger charge is 2.68. The Bertz CT molecular complexity index is 185. The zero-order valence-corrected chi connectivity index (χ0v) is 8.75. The van der Waals surface area contributed by atoms with E-state index in [0.29, 0.717) is 0 Å². The largest absolute Gasteiger partial charge is 0.425 e. The lowest BCUT2D eigenvalue weighted by molar-refractivity contribution is -0.223. The summed E-state index contributed by atoms with van der Waals surface area (Å²) in [6.45, 7) is 0. The molecule has 10 heteroatoms. The van der Waals surface area contributed by atoms with Gasteiger partial charge in [-0.25, -0.2) is 13.2 Å². The highest BCUT2D eigenvalue weighted by molar-refractivity contribution is 7.65. The maximum absolute atomic E-state index is 12.4. The molecule has 0 rings (SSSR count). The molecule has 0 spiro atoms. The van der Waals surface area contributed by atoms with Gasteiger partial charge in [0.2, 0.25) is 0 Å². The van der Waals surface area contributed by atoms with Gasteiger partial charge in [0.15, 0.2) is 0 Å². The van der Waals surface area contributed by atoms with Gasteiger partial charge in [-0.1, -0.05) is 0 Å². The van der Waals surface area contributed by atoms with Crippen molar-refractivity contribution >= 4 is 39.2 Å². The van der Waals surface area contributed by atoms with Gasteiger partial charge in [-0.15, -0.1) is 33.2 Å². The zero-order chi connectivity index (χ0) is 11.1. The monoisotopic (exact) mass is 284 g/mol. The van der Waals surface area contributed by atoms with Gasteiger partial charge in [-0.3, -0.25) is 0 Å². The Morgan fingerprint density at radius 3 is 1.31 bits per heavy atom. The van der Waals surface area contributed by atoms with E-state index in [1.54, 1.807) is 0 Å². The normalized spacial score (nSPS) is 17.3. The van der Waals surface area contributed by atoms with Crippen molar-refractivity contribution in [3.63, 3.8) is 0 Å². The van der Waals surface area contributed by atoms with Crippen LogP contribution in [0.25, 0.3) is 0 Å². The van der Waals surface area contributed by atoms with Gasteiger partial charge in [0.25, 0.3) is 6.17 Å². The summed E-state index contributed by atoms with van der Waals surface area (Å²) in [5, 5.41) is 0. The molecule has 80 valence electrons. The van der Waals surface area contributed by atoms with E-state index in [1.807, 2.05) is 0 Å². The molecule has 0 N–H and O–H groups in total. The van der Waals surface area contributed by atoms with E-state index in [-0.39, 0.29) is 0 Å². The fourth-order valence-electron chi connectivity index (χ4n) is 0.349. The van der Waals surface area contributed by atoms with E-state index in [2.05, 4.69) is 33.2 Å². The molecule has 0 saturated heterocycles. The Labute approximate surface area is 83.9 Å². The third-order valence-corrected chi connectivity index (χ3v) is 4.26. The summed E-state index contributed by atoms with van der Waals surface area (Å²) in [5.41, 5.74) is -4.98. The van der Waals surface area contributed by atoms with Crippen molar-refractivity contribution in [3.05, 3.63) is 0 Å². The fraction of sp³-hybridized carbons (Fsp3) is 1.00. The Balaban J connectivity index is 4.86. The van der Waals surface area contributed by atoms with Gasteiger partial charge in [0.05, 0.1) is 0 Å². The van der Waals surface area contributed by atoms with Crippen LogP contribution in [0.4, 0.5) is 26.3 Å². The molecule has 0 saturated carbocycles. The molecule has 0 amide bonds. The molecule has 0 aliphatic heterocycles. The minimum Gasteiger partial charge on any atom is -0.231 e. The molecule has 1 atom stereocenters. The summed E-state index contributed by atoms with van der Waals surface area (Å²) >= 11 is 13.8. The summed E-state index contributed by atoms with van der Waals surface area (Å²) in [7, 11) is 0. The second kappa shape index (κ2) is 3.67. The predicted octanol–water partition coefficient (Wildman–Crippen LogP) is 3.72. The number of rotatable bonds is 2. The molecule has 0 heterocycles. The molecule has 0 bridgehead atoms. The van der Waals surface area contributed by atoms with Gasteiger partial charge in [-0.05, 0) is 0 Å². The standard InChI is InChI=1S/C3HCl3F6Si/c4-13(5,6)3(11,12)1(7)2(8,9)10/h1H. The number of hydrogen-bond acceptors (Lipinski definition) is 0. The summed E-state index contributed by atoms with van der Waals surface area (Å²) in [5.74, 6) is 0. The van der Waals surface area contributed by atoms with Crippen LogP contribution in [0.15, 0.2) is 0 Å². The Morgan fingerprint density at radius 1 is 0.923 bits per heavy atom. The molecule has 1 unspecified atom stereocenters. The van der Waals surface area contributed by atoms with E-state index in [0.717, 1.165) is 0 Å². The van der Waals surface area contributed by atoms with Gasteiger partial charge >= 0.3 is 17.7 Å². The summed E-state index contributed by atoms with van der Waals surface area (Å²) in [4.78, 5) is 0. The van der Waals surface area contributed by atoms with E-state index in [9.17, 15) is 26.3 Å². The summed E-state index contributed by atoms with van der Waals surface area (Å²) < 4.78 is 71.3. The first-order valence-electron chi connectivity index (χ1n) is 2.56. The Kier molecular flexibility index (Phi) is 3.86. The lowest BCUT2D eigenvalue weighted by Crippen LogP contribution is -2.53. The number of alkyl halides is 6. The molecule has 0 aliphatic rings. The van der Waals surface area contributed by atoms with Crippen LogP contribution in [-0.4, -0.2) is 23.9 Å². The highest BCUT2D eigenvalue weighted by Crippen LogP contribution is 2.45. The van der Waals surface area contributed by atoms with Crippen molar-refractivity contribution in [3.8, 4) is 0 Å². The lowest BCUT2D eigenvalue weighted by Gasteiger charge is -2.26. The third-order valence-electron chi connectivity index (χ3n) is 0.984. The minimum atomic E-state index is -5.74. The first-order valence-corrected chi connectivity index (χ1v) is 7.59. The summed E-state index contributed by atoms with van der Waals surface area (Å²) in [6.07, 6.45) is -10.2. The maximum atomic E-state index is 12.4. The highest BCUT2D eigenvalue weighted by atomic mass is 35.8. The maximum Gasteiger partial charge on any atom is 0.425 e. The molecular formula is C3HCl3F6Si. The van der Waals surface area contributed by atoms with Crippen molar-refractivity contribution in [2.24, 2.45) is 0 Å². The van der Waals surface area contributed by atoms with Crippen molar-refractivity contribution in [1.82, 2.24) is 0 Å². The first-order chi connectivity index (χ1) is 5.40. The molecule has 13 heavy (non-hydrogen) atoms. The third kappa shape index (κ3) is 3.07. The zero-order valence-electron chi connectivity index (χ0n) is 5.48. The number of halogens is 9. The fourth-order valence-corrected chi connectivity index (χ4v) is 1.66. The van der Waals surface area contributed by atoms with Gasteiger partial charge in [0, 0.05) is 0 Å². The molecule has 0 aromatic carbocycles. The van der Waals surface area contributed by atoms with Crippen LogP contribution < -0.4 is 0 Å². The smallest absolute Gasteiger partial charge is 0.231 e.